The summed E-state index contributed by atoms with van der Waals surface area (Å²) in [4.78, 5) is 67.9. The van der Waals surface area contributed by atoms with Gasteiger partial charge in [0.25, 0.3) is 0 Å². The van der Waals surface area contributed by atoms with Crippen LogP contribution in [-0.2, 0) is 59.6 Å². The Labute approximate surface area is 303 Å². The summed E-state index contributed by atoms with van der Waals surface area (Å²) in [5, 5.41) is 15.1. The van der Waals surface area contributed by atoms with E-state index in [1.807, 2.05) is 36.4 Å². The first kappa shape index (κ1) is 39.0. The third-order valence-electron chi connectivity index (χ3n) is 8.54. The highest BCUT2D eigenvalue weighted by Crippen LogP contribution is 2.25. The Morgan fingerprint density at radius 1 is 0.750 bits per heavy atom. The van der Waals surface area contributed by atoms with Crippen LogP contribution in [0.15, 0.2) is 110 Å². The van der Waals surface area contributed by atoms with Gasteiger partial charge in [0.1, 0.15) is 25.9 Å². The van der Waals surface area contributed by atoms with Gasteiger partial charge in [0, 0.05) is 13.0 Å². The smallest absolute Gasteiger partial charge is 0.408 e. The van der Waals surface area contributed by atoms with Gasteiger partial charge in [-0.25, -0.2) is 14.4 Å². The van der Waals surface area contributed by atoms with Crippen molar-refractivity contribution in [2.45, 2.75) is 63.6 Å². The first-order chi connectivity index (χ1) is 25.2. The van der Waals surface area contributed by atoms with Crippen LogP contribution in [0.3, 0.4) is 0 Å². The van der Waals surface area contributed by atoms with Crippen molar-refractivity contribution in [3.05, 3.63) is 132 Å². The molecule has 4 unspecified atom stereocenters. The Hall–Kier alpha value is -5.75. The molecular formula is C40H45N3O9. The molecule has 12 heteroatoms. The largest absolute Gasteiger partial charge is 0.461 e. The van der Waals surface area contributed by atoms with Gasteiger partial charge in [-0.1, -0.05) is 97.1 Å². The zero-order valence-electron chi connectivity index (χ0n) is 29.0. The molecule has 1 heterocycles. The van der Waals surface area contributed by atoms with Crippen molar-refractivity contribution in [3.63, 3.8) is 0 Å². The molecule has 274 valence electrons. The number of hydrogen-bond donors (Lipinski definition) is 3. The number of carbonyl (C=O) groups is 5. The molecule has 0 spiro atoms. The predicted molar refractivity (Wildman–Crippen MR) is 192 cm³/mol. The molecule has 4 atom stereocenters. The highest BCUT2D eigenvalue weighted by Gasteiger charge is 2.34. The number of nitrogens with zero attached hydrogens (tertiary/aromatic N) is 1. The van der Waals surface area contributed by atoms with Crippen LogP contribution >= 0.6 is 0 Å². The normalized spacial score (nSPS) is 15.1. The Balaban J connectivity index is 1.43. The van der Waals surface area contributed by atoms with Gasteiger partial charge in [0.15, 0.2) is 6.04 Å². The van der Waals surface area contributed by atoms with E-state index in [1.54, 1.807) is 53.4 Å². The second-order valence-corrected chi connectivity index (χ2v) is 12.3. The standard InChI is InChI=1S/C40H45N3O9/c1-3-13-31(22-36(45)43-23-32-20-12-11-19-30(32)21-33(43)24-44)37(46)41-35(39(48)50-25-28-15-7-5-8-16-28)27-51-38(47)34(14-4-2)42-40(49)52-26-29-17-9-6-10-18-29/h3-12,15-20,31,33-35,44H,1-2,13-14,21-27H2,(H,41,46)(H,42,49). The van der Waals surface area contributed by atoms with Crippen molar-refractivity contribution in [2.75, 3.05) is 13.2 Å². The number of esters is 2. The number of allylic oxidation sites excluding steroid dienone is 1. The van der Waals surface area contributed by atoms with Gasteiger partial charge in [0.2, 0.25) is 11.8 Å². The number of fused-ring (bicyclic) bond motifs is 1. The second-order valence-electron chi connectivity index (χ2n) is 12.3. The maximum absolute atomic E-state index is 13.7. The minimum atomic E-state index is -1.45. The minimum absolute atomic E-state index is 0.00587. The molecule has 12 nitrogen and oxygen atoms in total. The van der Waals surface area contributed by atoms with Crippen molar-refractivity contribution in [1.82, 2.24) is 15.5 Å². The molecular weight excluding hydrogens is 666 g/mol. The molecule has 1 aliphatic rings. The highest BCUT2D eigenvalue weighted by molar-refractivity contribution is 5.90. The van der Waals surface area contributed by atoms with Crippen molar-refractivity contribution in [3.8, 4) is 0 Å². The second kappa shape index (κ2) is 20.2. The lowest BCUT2D eigenvalue weighted by atomic mass is 9.92. The quantitative estimate of drug-likeness (QED) is 0.100. The summed E-state index contributed by atoms with van der Waals surface area (Å²) >= 11 is 0. The summed E-state index contributed by atoms with van der Waals surface area (Å²) in [5.41, 5.74) is 3.45. The van der Waals surface area contributed by atoms with E-state index in [2.05, 4.69) is 23.8 Å². The number of amides is 3. The average Bonchev–Trinajstić information content (AvgIpc) is 3.17. The molecule has 3 aromatic carbocycles. The molecule has 3 aromatic rings. The Kier molecular flexibility index (Phi) is 15.2. The summed E-state index contributed by atoms with van der Waals surface area (Å²) in [6.07, 6.45) is 2.40. The zero-order chi connectivity index (χ0) is 37.3. The predicted octanol–water partition coefficient (Wildman–Crippen LogP) is 4.16. The van der Waals surface area contributed by atoms with Crippen LogP contribution in [0.2, 0.25) is 0 Å². The number of aliphatic hydroxyl groups excluding tert-OH is 1. The van der Waals surface area contributed by atoms with E-state index in [4.69, 9.17) is 14.2 Å². The number of alkyl carbamates (subject to hydrolysis) is 1. The van der Waals surface area contributed by atoms with E-state index in [0.29, 0.717) is 12.0 Å². The molecule has 3 N–H and O–H groups in total. The molecule has 4 rings (SSSR count). The van der Waals surface area contributed by atoms with E-state index in [-0.39, 0.29) is 51.5 Å². The van der Waals surface area contributed by atoms with Gasteiger partial charge in [-0.2, -0.15) is 0 Å². The van der Waals surface area contributed by atoms with Gasteiger partial charge in [-0.05, 0) is 41.5 Å². The number of aliphatic hydroxyl groups is 1. The molecule has 3 amide bonds. The fraction of sp³-hybridized carbons (Fsp3) is 0.325. The minimum Gasteiger partial charge on any atom is -0.461 e. The lowest BCUT2D eigenvalue weighted by Gasteiger charge is -2.36. The van der Waals surface area contributed by atoms with Crippen LogP contribution in [0.25, 0.3) is 0 Å². The molecule has 1 aliphatic heterocycles. The lowest BCUT2D eigenvalue weighted by molar-refractivity contribution is -0.156. The summed E-state index contributed by atoms with van der Waals surface area (Å²) in [5.74, 6) is -3.71. The Morgan fingerprint density at radius 3 is 1.94 bits per heavy atom. The monoisotopic (exact) mass is 711 g/mol. The third-order valence-corrected chi connectivity index (χ3v) is 8.54. The molecule has 0 bridgehead atoms. The van der Waals surface area contributed by atoms with E-state index in [1.165, 1.54) is 12.2 Å². The lowest BCUT2D eigenvalue weighted by Crippen LogP contribution is -2.50. The number of carbonyl (C=O) groups excluding carboxylic acids is 5. The maximum Gasteiger partial charge on any atom is 0.408 e. The fourth-order valence-corrected chi connectivity index (χ4v) is 5.70. The van der Waals surface area contributed by atoms with E-state index < -0.39 is 54.6 Å². The Bertz CT molecular complexity index is 1680. The molecule has 0 saturated carbocycles. The SMILES string of the molecule is C=CCC(CC(=O)N1Cc2ccccc2CC1CO)C(=O)NC(COC(=O)C(CC=C)NC(=O)OCc1ccccc1)C(=O)OCc1ccccc1. The Morgan fingerprint density at radius 2 is 1.33 bits per heavy atom. The summed E-state index contributed by atoms with van der Waals surface area (Å²) in [6, 6.07) is 22.4. The van der Waals surface area contributed by atoms with Gasteiger partial charge in [-0.3, -0.25) is 9.59 Å². The zero-order valence-corrected chi connectivity index (χ0v) is 29.0. The van der Waals surface area contributed by atoms with Crippen molar-refractivity contribution < 1.29 is 43.3 Å². The highest BCUT2D eigenvalue weighted by atomic mass is 16.6. The van der Waals surface area contributed by atoms with E-state index >= 15 is 0 Å². The molecule has 52 heavy (non-hydrogen) atoms. The van der Waals surface area contributed by atoms with Gasteiger partial charge in [-0.15, -0.1) is 13.2 Å². The third kappa shape index (κ3) is 11.7. The first-order valence-electron chi connectivity index (χ1n) is 17.1. The van der Waals surface area contributed by atoms with Gasteiger partial charge in [0.05, 0.1) is 18.6 Å². The average molecular weight is 712 g/mol. The summed E-state index contributed by atoms with van der Waals surface area (Å²) < 4.78 is 16.1. The molecule has 0 aromatic heterocycles. The van der Waals surface area contributed by atoms with Crippen LogP contribution in [0.1, 0.15) is 41.5 Å². The van der Waals surface area contributed by atoms with E-state index in [0.717, 1.165) is 16.7 Å². The van der Waals surface area contributed by atoms with Crippen LogP contribution in [0, 0.1) is 5.92 Å². The number of ether oxygens (including phenoxy) is 3. The van der Waals surface area contributed by atoms with Crippen LogP contribution in [0.5, 0.6) is 0 Å². The fourth-order valence-electron chi connectivity index (χ4n) is 5.70. The summed E-state index contributed by atoms with van der Waals surface area (Å²) in [7, 11) is 0. The summed E-state index contributed by atoms with van der Waals surface area (Å²) in [6.45, 7) is 6.64. The van der Waals surface area contributed by atoms with Crippen molar-refractivity contribution in [1.29, 1.82) is 0 Å². The van der Waals surface area contributed by atoms with Crippen LogP contribution < -0.4 is 10.6 Å². The van der Waals surface area contributed by atoms with E-state index in [9.17, 15) is 29.1 Å². The van der Waals surface area contributed by atoms with Crippen LogP contribution in [0.4, 0.5) is 4.79 Å². The molecule has 0 saturated heterocycles. The number of nitrogens with one attached hydrogen (secondary N) is 2. The molecule has 0 radical (unpaired) electrons. The van der Waals surface area contributed by atoms with Crippen molar-refractivity contribution >= 4 is 29.8 Å². The van der Waals surface area contributed by atoms with Gasteiger partial charge < -0.3 is 34.9 Å². The molecule has 0 aliphatic carbocycles. The van der Waals surface area contributed by atoms with Crippen molar-refractivity contribution in [2.24, 2.45) is 5.92 Å². The van der Waals surface area contributed by atoms with Gasteiger partial charge >= 0.3 is 18.0 Å². The first-order valence-corrected chi connectivity index (χ1v) is 17.1. The topological polar surface area (TPSA) is 161 Å². The number of hydrogen-bond acceptors (Lipinski definition) is 9. The maximum atomic E-state index is 13.7. The van der Waals surface area contributed by atoms with Crippen LogP contribution in [-0.4, -0.2) is 71.2 Å². The number of rotatable bonds is 18. The molecule has 0 fully saturated rings. The number of benzene rings is 3.